The van der Waals surface area contributed by atoms with Crippen molar-refractivity contribution >= 4 is 14.0 Å². The van der Waals surface area contributed by atoms with Crippen LogP contribution in [0.5, 0.6) is 0 Å². The van der Waals surface area contributed by atoms with Crippen molar-refractivity contribution in [2.45, 2.75) is 52.9 Å². The highest BCUT2D eigenvalue weighted by atomic mass is 28.3. The van der Waals surface area contributed by atoms with Crippen LogP contribution in [0.25, 0.3) is 0 Å². The van der Waals surface area contributed by atoms with E-state index in [2.05, 4.69) is 36.1 Å². The lowest BCUT2D eigenvalue weighted by atomic mass is 10.1. The Morgan fingerprint density at radius 3 is 2.29 bits per heavy atom. The quantitative estimate of drug-likeness (QED) is 0.588. The second-order valence-corrected chi connectivity index (χ2v) is 12.2. The van der Waals surface area contributed by atoms with Gasteiger partial charge in [-0.25, -0.2) is 4.98 Å². The van der Waals surface area contributed by atoms with Crippen molar-refractivity contribution in [3.63, 3.8) is 0 Å². The molecular weight excluding hydrogens is 276 g/mol. The summed E-state index contributed by atoms with van der Waals surface area (Å²) in [5.41, 5.74) is 5.35. The number of carbonyl (C=O) groups is 1. The van der Waals surface area contributed by atoms with E-state index in [0.717, 1.165) is 11.1 Å². The predicted octanol–water partition coefficient (Wildman–Crippen LogP) is 3.49. The first-order chi connectivity index (χ1) is 9.42. The van der Waals surface area contributed by atoms with Gasteiger partial charge in [0, 0.05) is 24.3 Å². The minimum atomic E-state index is -1.40. The lowest BCUT2D eigenvalue weighted by Gasteiger charge is -2.32. The molecule has 1 amide bonds. The first-order valence-electron chi connectivity index (χ1n) is 7.20. The van der Waals surface area contributed by atoms with Crippen LogP contribution in [0, 0.1) is 18.4 Å². The average Bonchev–Trinajstić information content (AvgIpc) is 2.32. The van der Waals surface area contributed by atoms with Gasteiger partial charge in [-0.15, -0.1) is 5.54 Å². The van der Waals surface area contributed by atoms with Gasteiger partial charge in [0.2, 0.25) is 0 Å². The molecule has 0 bridgehead atoms. The fourth-order valence-corrected chi connectivity index (χ4v) is 2.11. The summed E-state index contributed by atoms with van der Waals surface area (Å²) >= 11 is 0. The van der Waals surface area contributed by atoms with Crippen molar-refractivity contribution in [1.29, 1.82) is 0 Å². The highest BCUT2D eigenvalue weighted by Crippen LogP contribution is 2.16. The first kappa shape index (κ1) is 17.4. The highest BCUT2D eigenvalue weighted by Gasteiger charge is 2.25. The van der Waals surface area contributed by atoms with Crippen molar-refractivity contribution in [2.75, 3.05) is 7.05 Å². The van der Waals surface area contributed by atoms with Crippen molar-refractivity contribution < 1.29 is 4.79 Å². The second-order valence-electron chi connectivity index (χ2n) is 7.42. The number of hydrogen-bond acceptors (Lipinski definition) is 2. The maximum atomic E-state index is 12.5. The van der Waals surface area contributed by atoms with Gasteiger partial charge in [0.05, 0.1) is 0 Å². The van der Waals surface area contributed by atoms with Gasteiger partial charge in [-0.3, -0.25) is 4.79 Å². The van der Waals surface area contributed by atoms with Crippen LogP contribution in [0.4, 0.5) is 0 Å². The summed E-state index contributed by atoms with van der Waals surface area (Å²) in [7, 11) is 0.408. The minimum Gasteiger partial charge on any atom is -0.336 e. The number of rotatable bonds is 1. The molecule has 1 aromatic heterocycles. The summed E-state index contributed by atoms with van der Waals surface area (Å²) in [5.74, 6) is 3.12. The molecule has 0 unspecified atom stereocenters. The van der Waals surface area contributed by atoms with Gasteiger partial charge < -0.3 is 4.90 Å². The number of pyridine rings is 1. The standard InChI is InChI=1S/C17H26N2OSi/c1-13-11-14(9-10-21(6,7)8)12-18-15(13)16(20)19(5)17(2,3)4/h11-12H,1-8H3. The van der Waals surface area contributed by atoms with Gasteiger partial charge in [0.15, 0.2) is 0 Å². The molecule has 114 valence electrons. The Hall–Kier alpha value is -1.60. The third-order valence-electron chi connectivity index (χ3n) is 3.17. The van der Waals surface area contributed by atoms with Crippen LogP contribution in [-0.2, 0) is 0 Å². The Morgan fingerprint density at radius 1 is 1.29 bits per heavy atom. The van der Waals surface area contributed by atoms with Crippen molar-refractivity contribution in [2.24, 2.45) is 0 Å². The van der Waals surface area contributed by atoms with E-state index in [1.165, 1.54) is 0 Å². The summed E-state index contributed by atoms with van der Waals surface area (Å²) < 4.78 is 0. The molecule has 0 aromatic carbocycles. The summed E-state index contributed by atoms with van der Waals surface area (Å²) in [6.45, 7) is 14.6. The molecule has 0 fully saturated rings. The molecule has 1 aromatic rings. The lowest BCUT2D eigenvalue weighted by Crippen LogP contribution is -2.43. The van der Waals surface area contributed by atoms with Crippen LogP contribution < -0.4 is 0 Å². The van der Waals surface area contributed by atoms with E-state index in [1.807, 2.05) is 40.8 Å². The van der Waals surface area contributed by atoms with Crippen LogP contribution in [0.2, 0.25) is 19.6 Å². The summed E-state index contributed by atoms with van der Waals surface area (Å²) in [6, 6.07) is 1.95. The highest BCUT2D eigenvalue weighted by molar-refractivity contribution is 6.83. The fourth-order valence-electron chi connectivity index (χ4n) is 1.59. The number of nitrogens with zero attached hydrogens (tertiary/aromatic N) is 2. The van der Waals surface area contributed by atoms with Crippen LogP contribution in [-0.4, -0.2) is 36.5 Å². The molecule has 0 aliphatic carbocycles. The Kier molecular flexibility index (Phi) is 5.01. The number of aromatic nitrogens is 1. The first-order valence-corrected chi connectivity index (χ1v) is 10.7. The van der Waals surface area contributed by atoms with E-state index < -0.39 is 8.07 Å². The van der Waals surface area contributed by atoms with Crippen LogP contribution in [0.15, 0.2) is 12.3 Å². The maximum absolute atomic E-state index is 12.5. The Balaban J connectivity index is 3.09. The van der Waals surface area contributed by atoms with E-state index in [0.29, 0.717) is 5.69 Å². The topological polar surface area (TPSA) is 33.2 Å². The third-order valence-corrected chi connectivity index (χ3v) is 4.05. The van der Waals surface area contributed by atoms with Gasteiger partial charge in [-0.1, -0.05) is 25.6 Å². The van der Waals surface area contributed by atoms with Crippen LogP contribution in [0.1, 0.15) is 42.4 Å². The molecule has 0 radical (unpaired) electrons. The molecule has 0 aliphatic rings. The van der Waals surface area contributed by atoms with Crippen molar-refractivity contribution in [3.05, 3.63) is 29.1 Å². The predicted molar refractivity (Wildman–Crippen MR) is 91.0 cm³/mol. The number of amides is 1. The smallest absolute Gasteiger partial charge is 0.272 e. The third kappa shape index (κ3) is 5.02. The van der Waals surface area contributed by atoms with Gasteiger partial charge in [-0.2, -0.15) is 0 Å². The van der Waals surface area contributed by atoms with Gasteiger partial charge in [-0.05, 0) is 39.3 Å². The molecule has 3 nitrogen and oxygen atoms in total. The Bertz CT molecular complexity index is 598. The Labute approximate surface area is 129 Å². The Morgan fingerprint density at radius 2 is 1.86 bits per heavy atom. The normalized spacial score (nSPS) is 11.6. The fraction of sp³-hybridized carbons (Fsp3) is 0.529. The van der Waals surface area contributed by atoms with Gasteiger partial charge in [0.1, 0.15) is 13.8 Å². The summed E-state index contributed by atoms with van der Waals surface area (Å²) in [5, 5.41) is 0. The number of hydrogen-bond donors (Lipinski definition) is 0. The van der Waals surface area contributed by atoms with Crippen molar-refractivity contribution in [1.82, 2.24) is 9.88 Å². The molecule has 0 atom stereocenters. The van der Waals surface area contributed by atoms with E-state index in [-0.39, 0.29) is 11.4 Å². The largest absolute Gasteiger partial charge is 0.336 e. The zero-order valence-corrected chi connectivity index (χ0v) is 15.5. The van der Waals surface area contributed by atoms with Crippen LogP contribution >= 0.6 is 0 Å². The van der Waals surface area contributed by atoms with Gasteiger partial charge in [0.25, 0.3) is 5.91 Å². The molecular formula is C17H26N2OSi. The number of carbonyl (C=O) groups excluding carboxylic acids is 1. The van der Waals surface area contributed by atoms with E-state index in [9.17, 15) is 4.79 Å². The van der Waals surface area contributed by atoms with Crippen LogP contribution in [0.3, 0.4) is 0 Å². The maximum Gasteiger partial charge on any atom is 0.272 e. The van der Waals surface area contributed by atoms with Crippen molar-refractivity contribution in [3.8, 4) is 11.5 Å². The zero-order valence-electron chi connectivity index (χ0n) is 14.5. The molecule has 21 heavy (non-hydrogen) atoms. The SMILES string of the molecule is Cc1cc(C#C[Si](C)(C)C)cnc1C(=O)N(C)C(C)(C)C. The lowest BCUT2D eigenvalue weighted by molar-refractivity contribution is 0.0649. The molecule has 1 heterocycles. The molecule has 1 rings (SSSR count). The van der Waals surface area contributed by atoms with Gasteiger partial charge >= 0.3 is 0 Å². The second kappa shape index (κ2) is 6.03. The molecule has 4 heteroatoms. The zero-order chi connectivity index (χ0) is 16.4. The molecule has 0 spiro atoms. The molecule has 0 N–H and O–H groups in total. The summed E-state index contributed by atoms with van der Waals surface area (Å²) in [6.07, 6.45) is 1.70. The monoisotopic (exact) mass is 302 g/mol. The minimum absolute atomic E-state index is 0.0512. The molecule has 0 aliphatic heterocycles. The molecule has 0 saturated heterocycles. The summed E-state index contributed by atoms with van der Waals surface area (Å²) in [4.78, 5) is 18.5. The van der Waals surface area contributed by atoms with E-state index >= 15 is 0 Å². The number of aryl methyl sites for hydroxylation is 1. The van der Waals surface area contributed by atoms with E-state index in [1.54, 1.807) is 11.1 Å². The average molecular weight is 302 g/mol. The van der Waals surface area contributed by atoms with E-state index in [4.69, 9.17) is 0 Å². The molecule has 0 saturated carbocycles.